The Morgan fingerprint density at radius 3 is 2.23 bits per heavy atom. The van der Waals surface area contributed by atoms with Crippen molar-refractivity contribution in [3.63, 3.8) is 0 Å². The van der Waals surface area contributed by atoms with Gasteiger partial charge in [0.2, 0.25) is 0 Å². The molecular weight excluding hydrogens is 165 g/mol. The second kappa shape index (κ2) is 4.38. The Kier molecular flexibility index (Phi) is 3.43. The Morgan fingerprint density at radius 1 is 1.23 bits per heavy atom. The van der Waals surface area contributed by atoms with Gasteiger partial charge in [0.05, 0.1) is 0 Å². The minimum absolute atomic E-state index is 0.184. The van der Waals surface area contributed by atoms with E-state index in [1.54, 1.807) is 0 Å². The molecule has 1 aromatic rings. The average molecular weight is 181 g/mol. The Hall–Kier alpha value is -0.890. The van der Waals surface area contributed by atoms with Gasteiger partial charge in [-0.2, -0.15) is 0 Å². The summed E-state index contributed by atoms with van der Waals surface area (Å²) in [6.07, 6.45) is 0. The molecule has 0 amide bonds. The van der Waals surface area contributed by atoms with Gasteiger partial charge in [-0.3, -0.25) is 0 Å². The van der Waals surface area contributed by atoms with Crippen molar-refractivity contribution < 1.29 is 4.39 Å². The predicted octanol–water partition coefficient (Wildman–Crippen LogP) is 2.52. The first-order valence-electron chi connectivity index (χ1n) is 4.60. The van der Waals surface area contributed by atoms with E-state index in [-0.39, 0.29) is 5.82 Å². The highest BCUT2D eigenvalue weighted by Crippen LogP contribution is 2.23. The molecule has 0 saturated carbocycles. The molecule has 0 aromatic heterocycles. The molecule has 0 spiro atoms. The SMILES string of the molecule is CC(CN)C(C)c1ccc(F)cc1. The summed E-state index contributed by atoms with van der Waals surface area (Å²) in [7, 11) is 0. The molecule has 0 radical (unpaired) electrons. The van der Waals surface area contributed by atoms with Gasteiger partial charge in [0, 0.05) is 0 Å². The standard InChI is InChI=1S/C11H16FN/c1-8(7-13)9(2)10-3-5-11(12)6-4-10/h3-6,8-9H,7,13H2,1-2H3. The fraction of sp³-hybridized carbons (Fsp3) is 0.455. The number of nitrogens with two attached hydrogens (primary N) is 1. The number of hydrogen-bond donors (Lipinski definition) is 1. The molecule has 72 valence electrons. The fourth-order valence-electron chi connectivity index (χ4n) is 1.30. The summed E-state index contributed by atoms with van der Waals surface area (Å²) in [6, 6.07) is 6.64. The second-order valence-corrected chi connectivity index (χ2v) is 3.55. The summed E-state index contributed by atoms with van der Waals surface area (Å²) in [6.45, 7) is 4.89. The van der Waals surface area contributed by atoms with E-state index in [9.17, 15) is 4.39 Å². The van der Waals surface area contributed by atoms with Crippen molar-refractivity contribution in [3.05, 3.63) is 35.6 Å². The minimum Gasteiger partial charge on any atom is -0.330 e. The molecular formula is C11H16FN. The number of rotatable bonds is 3. The molecule has 2 atom stereocenters. The average Bonchev–Trinajstić information content (AvgIpc) is 2.17. The van der Waals surface area contributed by atoms with Gasteiger partial charge in [-0.25, -0.2) is 4.39 Å². The van der Waals surface area contributed by atoms with Gasteiger partial charge in [-0.15, -0.1) is 0 Å². The maximum absolute atomic E-state index is 12.6. The highest BCUT2D eigenvalue weighted by atomic mass is 19.1. The number of halogens is 1. The summed E-state index contributed by atoms with van der Waals surface area (Å²) in [5, 5.41) is 0. The van der Waals surface area contributed by atoms with E-state index in [1.165, 1.54) is 12.1 Å². The first-order valence-corrected chi connectivity index (χ1v) is 4.60. The quantitative estimate of drug-likeness (QED) is 0.761. The third-order valence-corrected chi connectivity index (χ3v) is 2.62. The number of hydrogen-bond acceptors (Lipinski definition) is 1. The van der Waals surface area contributed by atoms with Crippen molar-refractivity contribution in [1.82, 2.24) is 0 Å². The summed E-state index contributed by atoms with van der Waals surface area (Å²) in [5.74, 6) is 0.646. The summed E-state index contributed by atoms with van der Waals surface area (Å²) in [5.41, 5.74) is 6.72. The summed E-state index contributed by atoms with van der Waals surface area (Å²) in [4.78, 5) is 0. The van der Waals surface area contributed by atoms with Crippen molar-refractivity contribution in [2.75, 3.05) is 6.54 Å². The van der Waals surface area contributed by atoms with Crippen molar-refractivity contribution in [3.8, 4) is 0 Å². The van der Waals surface area contributed by atoms with Crippen LogP contribution in [0.1, 0.15) is 25.3 Å². The van der Waals surface area contributed by atoms with Crippen molar-refractivity contribution in [2.24, 2.45) is 11.7 Å². The third kappa shape index (κ3) is 2.52. The zero-order valence-corrected chi connectivity index (χ0v) is 8.13. The molecule has 0 bridgehead atoms. The molecule has 1 rings (SSSR count). The maximum Gasteiger partial charge on any atom is 0.123 e. The Morgan fingerprint density at radius 2 is 1.77 bits per heavy atom. The molecule has 1 aromatic carbocycles. The van der Waals surface area contributed by atoms with E-state index in [0.717, 1.165) is 5.56 Å². The van der Waals surface area contributed by atoms with Crippen LogP contribution in [0.5, 0.6) is 0 Å². The van der Waals surface area contributed by atoms with Gasteiger partial charge in [0.1, 0.15) is 5.82 Å². The lowest BCUT2D eigenvalue weighted by Crippen LogP contribution is -2.16. The maximum atomic E-state index is 12.6. The summed E-state index contributed by atoms with van der Waals surface area (Å²) < 4.78 is 12.6. The molecule has 0 saturated heterocycles. The highest BCUT2D eigenvalue weighted by Gasteiger charge is 2.12. The van der Waals surface area contributed by atoms with Crippen molar-refractivity contribution in [2.45, 2.75) is 19.8 Å². The van der Waals surface area contributed by atoms with Crippen LogP contribution in [-0.4, -0.2) is 6.54 Å². The monoisotopic (exact) mass is 181 g/mol. The normalized spacial score (nSPS) is 15.4. The smallest absolute Gasteiger partial charge is 0.123 e. The molecule has 0 aliphatic heterocycles. The molecule has 13 heavy (non-hydrogen) atoms. The van der Waals surface area contributed by atoms with Crippen LogP contribution in [0.3, 0.4) is 0 Å². The van der Waals surface area contributed by atoms with Gasteiger partial charge in [-0.1, -0.05) is 26.0 Å². The van der Waals surface area contributed by atoms with Crippen LogP contribution >= 0.6 is 0 Å². The van der Waals surface area contributed by atoms with Gasteiger partial charge >= 0.3 is 0 Å². The first kappa shape index (κ1) is 10.2. The van der Waals surface area contributed by atoms with E-state index in [0.29, 0.717) is 18.4 Å². The Bertz CT molecular complexity index is 255. The van der Waals surface area contributed by atoms with Crippen LogP contribution in [0.15, 0.2) is 24.3 Å². The van der Waals surface area contributed by atoms with Crippen LogP contribution in [0.25, 0.3) is 0 Å². The molecule has 2 unspecified atom stereocenters. The van der Waals surface area contributed by atoms with Crippen LogP contribution in [0, 0.1) is 11.7 Å². The van der Waals surface area contributed by atoms with E-state index in [1.807, 2.05) is 12.1 Å². The molecule has 0 heterocycles. The predicted molar refractivity (Wildman–Crippen MR) is 53.0 cm³/mol. The van der Waals surface area contributed by atoms with Crippen molar-refractivity contribution in [1.29, 1.82) is 0 Å². The second-order valence-electron chi connectivity index (χ2n) is 3.55. The largest absolute Gasteiger partial charge is 0.330 e. The third-order valence-electron chi connectivity index (χ3n) is 2.62. The molecule has 0 fully saturated rings. The lowest BCUT2D eigenvalue weighted by atomic mass is 9.89. The van der Waals surface area contributed by atoms with Gasteiger partial charge in [-0.05, 0) is 36.1 Å². The topological polar surface area (TPSA) is 26.0 Å². The van der Waals surface area contributed by atoms with Crippen LogP contribution in [-0.2, 0) is 0 Å². The van der Waals surface area contributed by atoms with Crippen LogP contribution in [0.4, 0.5) is 4.39 Å². The van der Waals surface area contributed by atoms with Crippen LogP contribution in [0.2, 0.25) is 0 Å². The first-order chi connectivity index (χ1) is 6.15. The lowest BCUT2D eigenvalue weighted by Gasteiger charge is -2.18. The lowest BCUT2D eigenvalue weighted by molar-refractivity contribution is 0.498. The molecule has 0 aliphatic carbocycles. The van der Waals surface area contributed by atoms with Crippen molar-refractivity contribution >= 4 is 0 Å². The molecule has 1 nitrogen and oxygen atoms in total. The minimum atomic E-state index is -0.184. The number of benzene rings is 1. The van der Waals surface area contributed by atoms with Crippen LogP contribution < -0.4 is 5.73 Å². The van der Waals surface area contributed by atoms with Gasteiger partial charge < -0.3 is 5.73 Å². The van der Waals surface area contributed by atoms with E-state index >= 15 is 0 Å². The zero-order chi connectivity index (χ0) is 9.84. The molecule has 2 N–H and O–H groups in total. The molecule has 2 heteroatoms. The van der Waals surface area contributed by atoms with Gasteiger partial charge in [0.15, 0.2) is 0 Å². The Labute approximate surface area is 78.8 Å². The molecule has 0 aliphatic rings. The fourth-order valence-corrected chi connectivity index (χ4v) is 1.30. The van der Waals surface area contributed by atoms with E-state index in [4.69, 9.17) is 5.73 Å². The van der Waals surface area contributed by atoms with E-state index < -0.39 is 0 Å². The highest BCUT2D eigenvalue weighted by molar-refractivity contribution is 5.20. The zero-order valence-electron chi connectivity index (χ0n) is 8.13. The summed E-state index contributed by atoms with van der Waals surface area (Å²) >= 11 is 0. The Balaban J connectivity index is 2.77. The van der Waals surface area contributed by atoms with E-state index in [2.05, 4.69) is 13.8 Å². The van der Waals surface area contributed by atoms with Gasteiger partial charge in [0.25, 0.3) is 0 Å².